The van der Waals surface area contributed by atoms with Crippen LogP contribution in [0.15, 0.2) is 60.8 Å². The van der Waals surface area contributed by atoms with Crippen molar-refractivity contribution in [2.45, 2.75) is 39.2 Å². The van der Waals surface area contributed by atoms with E-state index in [1.54, 1.807) is 4.68 Å². The van der Waals surface area contributed by atoms with Crippen LogP contribution in [0, 0.1) is 5.82 Å². The molecule has 0 bridgehead atoms. The molecule has 1 aliphatic heterocycles. The van der Waals surface area contributed by atoms with E-state index in [9.17, 15) is 14.0 Å². The average Bonchev–Trinajstić information content (AvgIpc) is 3.38. The Morgan fingerprint density at radius 2 is 1.85 bits per heavy atom. The van der Waals surface area contributed by atoms with Crippen molar-refractivity contribution in [3.63, 3.8) is 0 Å². The van der Waals surface area contributed by atoms with Gasteiger partial charge in [0, 0.05) is 49.1 Å². The number of nitrogens with zero attached hydrogens (tertiary/aromatic N) is 3. The Bertz CT molecular complexity index is 1610. The lowest BCUT2D eigenvalue weighted by Crippen LogP contribution is -2.24. The Morgan fingerprint density at radius 3 is 2.61 bits per heavy atom. The highest BCUT2D eigenvalue weighted by molar-refractivity contribution is 5.99. The van der Waals surface area contributed by atoms with Gasteiger partial charge in [-0.3, -0.25) is 15.1 Å². The van der Waals surface area contributed by atoms with Gasteiger partial charge in [-0.2, -0.15) is 5.10 Å². The van der Waals surface area contributed by atoms with Crippen molar-refractivity contribution >= 4 is 23.4 Å². The highest BCUT2D eigenvalue weighted by Gasteiger charge is 2.22. The van der Waals surface area contributed by atoms with Gasteiger partial charge in [-0.15, -0.1) is 0 Å². The van der Waals surface area contributed by atoms with Crippen molar-refractivity contribution < 1.29 is 18.7 Å². The Hall–Kier alpha value is -4.77. The zero-order valence-electron chi connectivity index (χ0n) is 23.3. The van der Waals surface area contributed by atoms with Crippen LogP contribution in [0.4, 0.5) is 20.7 Å². The molecule has 0 radical (unpaired) electrons. The maximum Gasteiger partial charge on any atom is 0.324 e. The van der Waals surface area contributed by atoms with Gasteiger partial charge in [-0.1, -0.05) is 26.8 Å². The normalized spacial score (nSPS) is 12.8. The number of aromatic nitrogens is 3. The summed E-state index contributed by atoms with van der Waals surface area (Å²) in [7, 11) is 1.49. The Morgan fingerprint density at radius 1 is 1.02 bits per heavy atom. The average molecular weight is 558 g/mol. The lowest BCUT2D eigenvalue weighted by Gasteiger charge is -2.18. The highest BCUT2D eigenvalue weighted by Crippen LogP contribution is 2.29. The van der Waals surface area contributed by atoms with Gasteiger partial charge in [0.15, 0.2) is 11.6 Å². The molecule has 0 aliphatic carbocycles. The first-order chi connectivity index (χ1) is 19.6. The summed E-state index contributed by atoms with van der Waals surface area (Å²) < 4.78 is 22.2. The number of ether oxygens (including phenoxy) is 1. The summed E-state index contributed by atoms with van der Waals surface area (Å²) in [5.74, 6) is -0.407. The summed E-state index contributed by atoms with van der Waals surface area (Å²) in [6.45, 7) is 7.91. The topological polar surface area (TPSA) is 122 Å². The van der Waals surface area contributed by atoms with Crippen LogP contribution in [0.3, 0.4) is 0 Å². The maximum absolute atomic E-state index is 14.9. The molecule has 0 spiro atoms. The summed E-state index contributed by atoms with van der Waals surface area (Å²) in [5, 5.41) is 16.2. The second-order valence-electron chi connectivity index (χ2n) is 10.7. The summed E-state index contributed by atoms with van der Waals surface area (Å²) in [4.78, 5) is 28.8. The SMILES string of the molecule is CNC(=O)c1cc(Oc2ccc(NC(=O)Nc3cc(C(C)(C)C)nn3-c3ccc4c(c3)CCNC4)cc2F)ccn1. The molecule has 212 valence electrons. The van der Waals surface area contributed by atoms with Gasteiger partial charge in [0.1, 0.15) is 17.3 Å². The van der Waals surface area contributed by atoms with Crippen LogP contribution in [-0.2, 0) is 18.4 Å². The number of amides is 3. The molecule has 11 heteroatoms. The molecule has 0 atom stereocenters. The number of rotatable bonds is 6. The van der Waals surface area contributed by atoms with Crippen molar-refractivity contribution in [3.05, 3.63) is 89.1 Å². The molecule has 10 nitrogen and oxygen atoms in total. The van der Waals surface area contributed by atoms with Gasteiger partial charge in [-0.25, -0.2) is 13.9 Å². The van der Waals surface area contributed by atoms with Crippen LogP contribution < -0.4 is 26.0 Å². The molecule has 2 aromatic carbocycles. The van der Waals surface area contributed by atoms with E-state index < -0.39 is 11.8 Å². The molecule has 5 rings (SSSR count). The molecule has 41 heavy (non-hydrogen) atoms. The molecule has 4 aromatic rings. The first kappa shape index (κ1) is 27.8. The number of fused-ring (bicyclic) bond motifs is 1. The Balaban J connectivity index is 1.33. The second kappa shape index (κ2) is 11.4. The number of urea groups is 1. The minimum Gasteiger partial charge on any atom is -0.454 e. The second-order valence-corrected chi connectivity index (χ2v) is 10.7. The van der Waals surface area contributed by atoms with Crippen LogP contribution in [0.25, 0.3) is 5.69 Å². The molecular formula is C30H32FN7O3. The van der Waals surface area contributed by atoms with Crippen molar-refractivity contribution in [1.82, 2.24) is 25.4 Å². The summed E-state index contributed by atoms with van der Waals surface area (Å²) >= 11 is 0. The van der Waals surface area contributed by atoms with Crippen molar-refractivity contribution in [3.8, 4) is 17.2 Å². The van der Waals surface area contributed by atoms with E-state index in [0.29, 0.717) is 5.82 Å². The number of benzene rings is 2. The minimum absolute atomic E-state index is 0.0690. The number of pyridine rings is 1. The molecule has 2 aromatic heterocycles. The van der Waals surface area contributed by atoms with Gasteiger partial charge in [0.25, 0.3) is 5.91 Å². The fourth-order valence-corrected chi connectivity index (χ4v) is 4.42. The predicted octanol–water partition coefficient (Wildman–Crippen LogP) is 5.15. The third-order valence-electron chi connectivity index (χ3n) is 6.65. The van der Waals surface area contributed by atoms with E-state index in [2.05, 4.69) is 59.2 Å². The smallest absolute Gasteiger partial charge is 0.324 e. The highest BCUT2D eigenvalue weighted by atomic mass is 19.1. The molecule has 0 saturated carbocycles. The molecular weight excluding hydrogens is 525 g/mol. The number of nitrogens with one attached hydrogen (secondary N) is 4. The van der Waals surface area contributed by atoms with E-state index >= 15 is 0 Å². The number of carbonyl (C=O) groups is 2. The number of hydrogen-bond acceptors (Lipinski definition) is 6. The van der Waals surface area contributed by atoms with Gasteiger partial charge in [0.2, 0.25) is 0 Å². The minimum atomic E-state index is -0.690. The first-order valence-electron chi connectivity index (χ1n) is 13.3. The molecule has 0 unspecified atom stereocenters. The van der Waals surface area contributed by atoms with Gasteiger partial charge in [0.05, 0.1) is 11.4 Å². The third-order valence-corrected chi connectivity index (χ3v) is 6.65. The fraction of sp³-hybridized carbons (Fsp3) is 0.267. The van der Waals surface area contributed by atoms with Crippen molar-refractivity contribution in [2.24, 2.45) is 0 Å². The summed E-state index contributed by atoms with van der Waals surface area (Å²) in [6, 6.07) is 14.5. The molecule has 3 heterocycles. The first-order valence-corrected chi connectivity index (χ1v) is 13.3. The van der Waals surface area contributed by atoms with E-state index in [1.807, 2.05) is 12.1 Å². The Kier molecular flexibility index (Phi) is 7.71. The monoisotopic (exact) mass is 557 g/mol. The molecule has 4 N–H and O–H groups in total. The van der Waals surface area contributed by atoms with Crippen LogP contribution >= 0.6 is 0 Å². The van der Waals surface area contributed by atoms with Gasteiger partial charge in [-0.05, 0) is 54.4 Å². The number of anilines is 2. The van der Waals surface area contributed by atoms with Crippen LogP contribution in [0.2, 0.25) is 0 Å². The van der Waals surface area contributed by atoms with E-state index in [0.717, 1.165) is 37.0 Å². The lowest BCUT2D eigenvalue weighted by atomic mass is 9.92. The molecule has 0 fully saturated rings. The molecule has 3 amide bonds. The van der Waals surface area contributed by atoms with Crippen LogP contribution in [0.5, 0.6) is 11.5 Å². The van der Waals surface area contributed by atoms with Crippen LogP contribution in [0.1, 0.15) is 48.1 Å². The third kappa shape index (κ3) is 6.36. The van der Waals surface area contributed by atoms with Crippen molar-refractivity contribution in [1.29, 1.82) is 0 Å². The predicted molar refractivity (Wildman–Crippen MR) is 154 cm³/mol. The largest absolute Gasteiger partial charge is 0.454 e. The quantitative estimate of drug-likeness (QED) is 0.260. The maximum atomic E-state index is 14.9. The van der Waals surface area contributed by atoms with Gasteiger partial charge >= 0.3 is 6.03 Å². The van der Waals surface area contributed by atoms with Crippen LogP contribution in [-0.4, -0.2) is 40.3 Å². The molecule has 1 aliphatic rings. The standard InChI is InChI=1S/C30H32FN7O3/c1-30(2,3)26-16-27(38(37-26)21-7-5-19-17-33-11-9-18(19)13-21)36-29(40)35-20-6-8-25(23(31)14-20)41-22-10-12-34-24(15-22)28(39)32-4/h5-8,10,12-16,33H,9,11,17H2,1-4H3,(H,32,39)(H2,35,36,40). The number of hydrogen-bond donors (Lipinski definition) is 4. The van der Waals surface area contributed by atoms with E-state index in [-0.39, 0.29) is 34.2 Å². The van der Waals surface area contributed by atoms with Crippen molar-refractivity contribution in [2.75, 3.05) is 24.2 Å². The summed E-state index contributed by atoms with van der Waals surface area (Å²) in [6.07, 6.45) is 2.32. The zero-order valence-corrected chi connectivity index (χ0v) is 23.3. The molecule has 0 saturated heterocycles. The van der Waals surface area contributed by atoms with E-state index in [1.165, 1.54) is 48.6 Å². The van der Waals surface area contributed by atoms with E-state index in [4.69, 9.17) is 9.84 Å². The van der Waals surface area contributed by atoms with Gasteiger partial charge < -0.3 is 20.7 Å². The zero-order chi connectivity index (χ0) is 29.1. The Labute approximate surface area is 237 Å². The number of halogens is 1. The lowest BCUT2D eigenvalue weighted by molar-refractivity contribution is 0.0957. The summed E-state index contributed by atoms with van der Waals surface area (Å²) in [5.41, 5.74) is 4.29. The number of carbonyl (C=O) groups excluding carboxylic acids is 2. The fourth-order valence-electron chi connectivity index (χ4n) is 4.42.